The molecule has 6 heteroatoms. The van der Waals surface area contributed by atoms with Crippen molar-refractivity contribution in [1.82, 2.24) is 9.62 Å². The highest BCUT2D eigenvalue weighted by molar-refractivity contribution is 7.89. The molecular formula is C24H32N2O3S. The second kappa shape index (κ2) is 10.2. The monoisotopic (exact) mass is 428 g/mol. The fourth-order valence-corrected chi connectivity index (χ4v) is 5.22. The van der Waals surface area contributed by atoms with Crippen LogP contribution in [0.3, 0.4) is 0 Å². The fraction of sp³-hybridized carbons (Fsp3) is 0.458. The summed E-state index contributed by atoms with van der Waals surface area (Å²) in [6.45, 7) is 5.96. The molecule has 1 aliphatic rings. The van der Waals surface area contributed by atoms with Crippen LogP contribution >= 0.6 is 0 Å². The minimum Gasteiger partial charge on any atom is -0.352 e. The molecule has 3 rings (SSSR count). The number of rotatable bonds is 7. The Morgan fingerprint density at radius 1 is 0.933 bits per heavy atom. The Morgan fingerprint density at radius 2 is 1.53 bits per heavy atom. The third-order valence-electron chi connectivity index (χ3n) is 5.66. The minimum absolute atomic E-state index is 0.0920. The van der Waals surface area contributed by atoms with Crippen molar-refractivity contribution in [3.63, 3.8) is 0 Å². The fourth-order valence-electron chi connectivity index (χ4n) is 3.70. The molecule has 1 aliphatic heterocycles. The maximum atomic E-state index is 12.8. The van der Waals surface area contributed by atoms with E-state index in [4.69, 9.17) is 0 Å². The minimum atomic E-state index is -3.42. The Bertz CT molecular complexity index is 927. The summed E-state index contributed by atoms with van der Waals surface area (Å²) in [6.07, 6.45) is 4.70. The third kappa shape index (κ3) is 5.70. The number of hydrogen-bond donors (Lipinski definition) is 1. The molecule has 1 fully saturated rings. The second-order valence-electron chi connectivity index (χ2n) is 8.24. The Hall–Kier alpha value is -2.18. The Balaban J connectivity index is 1.53. The maximum Gasteiger partial charge on any atom is 0.251 e. The highest BCUT2D eigenvalue weighted by atomic mass is 32.2. The van der Waals surface area contributed by atoms with Crippen molar-refractivity contribution >= 4 is 15.9 Å². The second-order valence-corrected chi connectivity index (χ2v) is 10.2. The Morgan fingerprint density at radius 3 is 2.10 bits per heavy atom. The molecule has 2 aromatic carbocycles. The van der Waals surface area contributed by atoms with Gasteiger partial charge in [-0.25, -0.2) is 8.42 Å². The van der Waals surface area contributed by atoms with E-state index in [1.165, 1.54) is 5.56 Å². The molecule has 5 nitrogen and oxygen atoms in total. The van der Waals surface area contributed by atoms with Crippen LogP contribution in [0.2, 0.25) is 0 Å². The zero-order chi connectivity index (χ0) is 21.6. The lowest BCUT2D eigenvalue weighted by Crippen LogP contribution is -2.31. The SMILES string of the molecule is CC(C)c1ccc(C(=O)NCCc2ccc(S(=O)(=O)N3CCCCCC3)cc2)cc1. The number of amides is 1. The van der Waals surface area contributed by atoms with E-state index < -0.39 is 10.0 Å². The molecule has 1 N–H and O–H groups in total. The van der Waals surface area contributed by atoms with Gasteiger partial charge in [-0.3, -0.25) is 4.79 Å². The van der Waals surface area contributed by atoms with Crippen molar-refractivity contribution in [3.8, 4) is 0 Å². The van der Waals surface area contributed by atoms with Crippen LogP contribution in [-0.2, 0) is 16.4 Å². The number of sulfonamides is 1. The maximum absolute atomic E-state index is 12.8. The number of nitrogens with one attached hydrogen (secondary N) is 1. The predicted molar refractivity (Wildman–Crippen MR) is 120 cm³/mol. The molecule has 0 aromatic heterocycles. The van der Waals surface area contributed by atoms with Gasteiger partial charge in [-0.15, -0.1) is 0 Å². The molecule has 0 atom stereocenters. The molecule has 0 saturated carbocycles. The molecule has 1 saturated heterocycles. The summed E-state index contributed by atoms with van der Waals surface area (Å²) in [5.74, 6) is 0.346. The van der Waals surface area contributed by atoms with E-state index in [1.807, 2.05) is 36.4 Å². The van der Waals surface area contributed by atoms with Gasteiger partial charge in [-0.2, -0.15) is 4.31 Å². The molecule has 0 spiro atoms. The van der Waals surface area contributed by atoms with Crippen LogP contribution in [0.25, 0.3) is 0 Å². The standard InChI is InChI=1S/C24H32N2O3S/c1-19(2)21-9-11-22(12-10-21)24(27)25-16-15-20-7-13-23(14-8-20)30(28,29)26-17-5-3-4-6-18-26/h7-14,19H,3-6,15-18H2,1-2H3,(H,25,27). The van der Waals surface area contributed by atoms with Crippen molar-refractivity contribution in [2.45, 2.75) is 56.8 Å². The zero-order valence-electron chi connectivity index (χ0n) is 17.9. The molecule has 30 heavy (non-hydrogen) atoms. The largest absolute Gasteiger partial charge is 0.352 e. The van der Waals surface area contributed by atoms with Gasteiger partial charge in [-0.05, 0) is 60.6 Å². The van der Waals surface area contributed by atoms with Gasteiger partial charge in [0.2, 0.25) is 10.0 Å². The van der Waals surface area contributed by atoms with E-state index in [0.717, 1.165) is 31.2 Å². The van der Waals surface area contributed by atoms with Crippen LogP contribution in [0.15, 0.2) is 53.4 Å². The average molecular weight is 429 g/mol. The summed E-state index contributed by atoms with van der Waals surface area (Å²) in [4.78, 5) is 12.7. The zero-order valence-corrected chi connectivity index (χ0v) is 18.7. The summed E-state index contributed by atoms with van der Waals surface area (Å²) in [5.41, 5.74) is 2.86. The van der Waals surface area contributed by atoms with E-state index in [9.17, 15) is 13.2 Å². The third-order valence-corrected chi connectivity index (χ3v) is 7.58. The van der Waals surface area contributed by atoms with Gasteiger partial charge in [0.15, 0.2) is 0 Å². The van der Waals surface area contributed by atoms with Gasteiger partial charge >= 0.3 is 0 Å². The van der Waals surface area contributed by atoms with Crippen molar-refractivity contribution in [2.75, 3.05) is 19.6 Å². The molecule has 162 valence electrons. The molecule has 0 bridgehead atoms. The predicted octanol–water partition coefficient (Wildman–Crippen LogP) is 4.35. The Labute approximate surface area is 180 Å². The molecule has 1 amide bonds. The topological polar surface area (TPSA) is 66.5 Å². The van der Waals surface area contributed by atoms with Crippen LogP contribution in [-0.4, -0.2) is 38.3 Å². The first-order valence-corrected chi connectivity index (χ1v) is 12.3. The summed E-state index contributed by atoms with van der Waals surface area (Å²) in [7, 11) is -3.42. The molecule has 0 aliphatic carbocycles. The molecule has 1 heterocycles. The quantitative estimate of drug-likeness (QED) is 0.713. The van der Waals surface area contributed by atoms with Crippen LogP contribution in [0, 0.1) is 0 Å². The van der Waals surface area contributed by atoms with Gasteiger partial charge < -0.3 is 5.32 Å². The summed E-state index contributed by atoms with van der Waals surface area (Å²) in [5, 5.41) is 2.93. The van der Waals surface area contributed by atoms with Crippen LogP contribution < -0.4 is 5.32 Å². The Kier molecular flexibility index (Phi) is 7.67. The van der Waals surface area contributed by atoms with Gasteiger partial charge in [0.25, 0.3) is 5.91 Å². The van der Waals surface area contributed by atoms with Crippen molar-refractivity contribution in [2.24, 2.45) is 0 Å². The van der Waals surface area contributed by atoms with Crippen LogP contribution in [0.5, 0.6) is 0 Å². The number of carbonyl (C=O) groups is 1. The number of hydrogen-bond acceptors (Lipinski definition) is 3. The number of nitrogens with zero attached hydrogens (tertiary/aromatic N) is 1. The molecular weight excluding hydrogens is 396 g/mol. The first kappa shape index (κ1) is 22.5. The smallest absolute Gasteiger partial charge is 0.251 e. The van der Waals surface area contributed by atoms with Gasteiger partial charge in [0.1, 0.15) is 0 Å². The first-order chi connectivity index (χ1) is 14.4. The van der Waals surface area contributed by atoms with Crippen molar-refractivity contribution in [1.29, 1.82) is 0 Å². The van der Waals surface area contributed by atoms with Crippen LogP contribution in [0.1, 0.15) is 66.9 Å². The number of benzene rings is 2. The lowest BCUT2D eigenvalue weighted by atomic mass is 10.0. The van der Waals surface area contributed by atoms with Crippen molar-refractivity contribution in [3.05, 3.63) is 65.2 Å². The van der Waals surface area contributed by atoms with Gasteiger partial charge in [-0.1, -0.05) is 51.0 Å². The lowest BCUT2D eigenvalue weighted by Gasteiger charge is -2.20. The lowest BCUT2D eigenvalue weighted by molar-refractivity contribution is 0.0954. The summed E-state index contributed by atoms with van der Waals surface area (Å²) in [6, 6.07) is 14.7. The van der Waals surface area contributed by atoms with Gasteiger partial charge in [0.05, 0.1) is 4.90 Å². The molecule has 0 radical (unpaired) electrons. The summed E-state index contributed by atoms with van der Waals surface area (Å²) >= 11 is 0. The van der Waals surface area contributed by atoms with E-state index >= 15 is 0 Å². The highest BCUT2D eigenvalue weighted by Gasteiger charge is 2.24. The first-order valence-electron chi connectivity index (χ1n) is 10.8. The van der Waals surface area contributed by atoms with Crippen molar-refractivity contribution < 1.29 is 13.2 Å². The van der Waals surface area contributed by atoms with Crippen LogP contribution in [0.4, 0.5) is 0 Å². The van der Waals surface area contributed by atoms with E-state index in [1.54, 1.807) is 16.4 Å². The average Bonchev–Trinajstić information content (AvgIpc) is 3.04. The number of carbonyl (C=O) groups excluding carboxylic acids is 1. The van der Waals surface area contributed by atoms with E-state index in [0.29, 0.717) is 42.4 Å². The highest BCUT2D eigenvalue weighted by Crippen LogP contribution is 2.21. The normalized spacial score (nSPS) is 15.7. The summed E-state index contributed by atoms with van der Waals surface area (Å²) < 4.78 is 27.3. The van der Waals surface area contributed by atoms with E-state index in [2.05, 4.69) is 19.2 Å². The molecule has 2 aromatic rings. The van der Waals surface area contributed by atoms with E-state index in [-0.39, 0.29) is 5.91 Å². The van der Waals surface area contributed by atoms with Gasteiger partial charge in [0, 0.05) is 25.2 Å². The molecule has 0 unspecified atom stereocenters.